The molecule has 12 heteroatoms. The molecule has 5 rings (SSSR count). The predicted molar refractivity (Wildman–Crippen MR) is 168 cm³/mol. The van der Waals surface area contributed by atoms with Gasteiger partial charge in [-0.2, -0.15) is 0 Å². The van der Waals surface area contributed by atoms with E-state index in [1.807, 2.05) is 18.2 Å². The SMILES string of the molecule is CC(C)(C)S(=O)(=O)C[C@H](C1CC1)N1C(=O)[C@](C)(Cc2ncc(C(=O)O)s2)O[C@H](c2cccc(Cl)c2)[C@H]1c1ccc(Cl)cc1. The number of hydrogen-bond acceptors (Lipinski definition) is 7. The van der Waals surface area contributed by atoms with Crippen LogP contribution in [0.5, 0.6) is 0 Å². The van der Waals surface area contributed by atoms with Crippen molar-refractivity contribution in [2.24, 2.45) is 5.92 Å². The number of rotatable bonds is 9. The van der Waals surface area contributed by atoms with Gasteiger partial charge in [0.05, 0.1) is 27.7 Å². The number of carbonyl (C=O) groups excluding carboxylic acids is 1. The molecule has 0 unspecified atom stereocenters. The minimum absolute atomic E-state index is 0.00304. The number of sulfone groups is 1. The van der Waals surface area contributed by atoms with Gasteiger partial charge in [-0.3, -0.25) is 4.79 Å². The highest BCUT2D eigenvalue weighted by atomic mass is 35.5. The van der Waals surface area contributed by atoms with Crippen LogP contribution in [0.25, 0.3) is 0 Å². The van der Waals surface area contributed by atoms with Crippen LogP contribution in [0.1, 0.15) is 78.5 Å². The number of thiazole rings is 1. The predicted octanol–water partition coefficient (Wildman–Crippen LogP) is 6.78. The Morgan fingerprint density at radius 3 is 2.37 bits per heavy atom. The summed E-state index contributed by atoms with van der Waals surface area (Å²) in [4.78, 5) is 32.4. The fourth-order valence-electron chi connectivity index (χ4n) is 5.52. The van der Waals surface area contributed by atoms with Gasteiger partial charge in [0.25, 0.3) is 5.91 Å². The molecule has 43 heavy (non-hydrogen) atoms. The number of halogens is 2. The van der Waals surface area contributed by atoms with Crippen molar-refractivity contribution >= 4 is 56.3 Å². The maximum Gasteiger partial charge on any atom is 0.347 e. The van der Waals surface area contributed by atoms with Gasteiger partial charge in [0.1, 0.15) is 11.0 Å². The summed E-state index contributed by atoms with van der Waals surface area (Å²) in [5.41, 5.74) is -0.0249. The molecule has 2 fully saturated rings. The lowest BCUT2D eigenvalue weighted by atomic mass is 9.85. The minimum atomic E-state index is -3.63. The van der Waals surface area contributed by atoms with E-state index in [9.17, 15) is 23.1 Å². The summed E-state index contributed by atoms with van der Waals surface area (Å²) in [5.74, 6) is -1.68. The van der Waals surface area contributed by atoms with Gasteiger partial charge < -0.3 is 14.7 Å². The van der Waals surface area contributed by atoms with Crippen molar-refractivity contribution in [1.82, 2.24) is 9.88 Å². The average molecular weight is 666 g/mol. The van der Waals surface area contributed by atoms with E-state index in [0.717, 1.165) is 35.3 Å². The van der Waals surface area contributed by atoms with Crippen LogP contribution in [0, 0.1) is 5.92 Å². The largest absolute Gasteiger partial charge is 0.477 e. The number of carboxylic acids is 1. The third-order valence-corrected chi connectivity index (χ3v) is 12.3. The van der Waals surface area contributed by atoms with Crippen molar-refractivity contribution in [1.29, 1.82) is 0 Å². The van der Waals surface area contributed by atoms with Crippen LogP contribution in [-0.4, -0.2) is 57.4 Å². The molecular weight excluding hydrogens is 631 g/mol. The van der Waals surface area contributed by atoms with Crippen LogP contribution in [0.15, 0.2) is 54.7 Å². The summed E-state index contributed by atoms with van der Waals surface area (Å²) in [7, 11) is -3.63. The fourth-order valence-corrected chi connectivity index (χ4v) is 8.13. The lowest BCUT2D eigenvalue weighted by Crippen LogP contribution is -2.62. The maximum atomic E-state index is 14.8. The van der Waals surface area contributed by atoms with E-state index >= 15 is 0 Å². The molecule has 3 aromatic rings. The molecule has 230 valence electrons. The second kappa shape index (κ2) is 11.8. The van der Waals surface area contributed by atoms with Gasteiger partial charge in [-0.25, -0.2) is 18.2 Å². The molecule has 1 aliphatic carbocycles. The zero-order valence-corrected chi connectivity index (χ0v) is 27.4. The summed E-state index contributed by atoms with van der Waals surface area (Å²) < 4.78 is 33.1. The van der Waals surface area contributed by atoms with Crippen molar-refractivity contribution < 1.29 is 27.9 Å². The van der Waals surface area contributed by atoms with Gasteiger partial charge in [-0.05, 0) is 81.8 Å². The first kappa shape index (κ1) is 31.9. The molecule has 0 radical (unpaired) electrons. The number of amides is 1. The highest BCUT2D eigenvalue weighted by Gasteiger charge is 2.56. The van der Waals surface area contributed by atoms with Gasteiger partial charge in [0.15, 0.2) is 15.4 Å². The van der Waals surface area contributed by atoms with Crippen molar-refractivity contribution in [3.63, 3.8) is 0 Å². The Bertz CT molecular complexity index is 1630. The molecule has 1 amide bonds. The van der Waals surface area contributed by atoms with E-state index in [0.29, 0.717) is 15.1 Å². The van der Waals surface area contributed by atoms with Gasteiger partial charge in [-0.15, -0.1) is 11.3 Å². The first-order chi connectivity index (χ1) is 20.1. The lowest BCUT2D eigenvalue weighted by molar-refractivity contribution is -0.202. The van der Waals surface area contributed by atoms with Crippen LogP contribution >= 0.6 is 34.5 Å². The Hall–Kier alpha value is -2.50. The fraction of sp³-hybridized carbons (Fsp3) is 0.452. The smallest absolute Gasteiger partial charge is 0.347 e. The third-order valence-electron chi connectivity index (χ3n) is 8.15. The number of aromatic carboxylic acids is 1. The van der Waals surface area contributed by atoms with Crippen LogP contribution in [-0.2, 0) is 25.8 Å². The van der Waals surface area contributed by atoms with Crippen molar-refractivity contribution in [3.8, 4) is 0 Å². The molecule has 1 saturated heterocycles. The second-order valence-electron chi connectivity index (χ2n) is 12.4. The zero-order chi connectivity index (χ0) is 31.3. The molecule has 2 aliphatic rings. The van der Waals surface area contributed by atoms with E-state index < -0.39 is 44.3 Å². The first-order valence-corrected chi connectivity index (χ1v) is 17.2. The van der Waals surface area contributed by atoms with Crippen LogP contribution in [0.3, 0.4) is 0 Å². The summed E-state index contributed by atoms with van der Waals surface area (Å²) >= 11 is 13.7. The molecule has 2 heterocycles. The number of aromatic nitrogens is 1. The topological polar surface area (TPSA) is 114 Å². The van der Waals surface area contributed by atoms with Crippen molar-refractivity contribution in [2.75, 3.05) is 5.75 Å². The van der Waals surface area contributed by atoms with Gasteiger partial charge in [0.2, 0.25) is 0 Å². The normalized spacial score (nSPS) is 23.8. The second-order valence-corrected chi connectivity index (χ2v) is 17.2. The molecule has 2 aromatic carbocycles. The van der Waals surface area contributed by atoms with E-state index in [-0.39, 0.29) is 28.9 Å². The Morgan fingerprint density at radius 2 is 1.81 bits per heavy atom. The lowest BCUT2D eigenvalue weighted by Gasteiger charge is -2.52. The third kappa shape index (κ3) is 6.63. The molecule has 1 aliphatic heterocycles. The standard InChI is InChI=1S/C31H34Cl2N2O6S2/c1-30(2,3)43(39,40)17-23(18-8-9-18)35-26(19-10-12-21(32)13-11-19)27(20-6-5-7-22(33)14-20)41-31(4,29(35)38)15-25-34-16-24(42-25)28(36)37/h5-7,10-14,16,18,23,26-27H,8-9,15,17H2,1-4H3,(H,36,37)/t23-,26-,27-,31+/m1/s1. The van der Waals surface area contributed by atoms with E-state index in [4.69, 9.17) is 27.9 Å². The Labute approximate surface area is 265 Å². The number of carboxylic acid groups (broad SMARTS) is 1. The summed E-state index contributed by atoms with van der Waals surface area (Å²) in [6, 6.07) is 13.0. The van der Waals surface area contributed by atoms with Crippen LogP contribution < -0.4 is 0 Å². The van der Waals surface area contributed by atoms with E-state index in [2.05, 4.69) is 4.98 Å². The Kier molecular flexibility index (Phi) is 8.74. The van der Waals surface area contributed by atoms with E-state index in [1.165, 1.54) is 6.20 Å². The number of hydrogen-bond donors (Lipinski definition) is 1. The monoisotopic (exact) mass is 664 g/mol. The molecule has 8 nitrogen and oxygen atoms in total. The Morgan fingerprint density at radius 1 is 1.14 bits per heavy atom. The number of carbonyl (C=O) groups is 2. The number of morpholine rings is 1. The number of nitrogens with zero attached hydrogens (tertiary/aromatic N) is 2. The molecule has 4 atom stereocenters. The van der Waals surface area contributed by atoms with Crippen LogP contribution in [0.2, 0.25) is 10.0 Å². The van der Waals surface area contributed by atoms with Gasteiger partial charge in [0, 0.05) is 22.5 Å². The molecular formula is C31H34Cl2N2O6S2. The highest BCUT2D eigenvalue weighted by Crippen LogP contribution is 2.51. The summed E-state index contributed by atoms with van der Waals surface area (Å²) in [6.07, 6.45) is 2.14. The Balaban J connectivity index is 1.69. The molecule has 1 saturated carbocycles. The zero-order valence-electron chi connectivity index (χ0n) is 24.3. The highest BCUT2D eigenvalue weighted by molar-refractivity contribution is 7.92. The molecule has 1 aromatic heterocycles. The molecule has 0 bridgehead atoms. The van der Waals surface area contributed by atoms with Crippen LogP contribution in [0.4, 0.5) is 0 Å². The number of ether oxygens (including phenoxy) is 1. The number of benzene rings is 2. The first-order valence-electron chi connectivity index (χ1n) is 14.0. The summed E-state index contributed by atoms with van der Waals surface area (Å²) in [5, 5.41) is 10.9. The minimum Gasteiger partial charge on any atom is -0.477 e. The molecule has 1 N–H and O–H groups in total. The van der Waals surface area contributed by atoms with Gasteiger partial charge in [-0.1, -0.05) is 47.5 Å². The molecule has 0 spiro atoms. The summed E-state index contributed by atoms with van der Waals surface area (Å²) in [6.45, 7) is 6.69. The van der Waals surface area contributed by atoms with Crippen molar-refractivity contribution in [2.45, 2.75) is 75.5 Å². The average Bonchev–Trinajstić information content (AvgIpc) is 3.66. The van der Waals surface area contributed by atoms with Gasteiger partial charge >= 0.3 is 5.97 Å². The van der Waals surface area contributed by atoms with Crippen molar-refractivity contribution in [3.05, 3.63) is 85.8 Å². The quantitative estimate of drug-likeness (QED) is 0.268. The van der Waals surface area contributed by atoms with E-state index in [1.54, 1.807) is 62.9 Å². The maximum absolute atomic E-state index is 14.8.